The Bertz CT molecular complexity index is 1530. The number of aromatic amines is 1. The maximum atomic E-state index is 13.4. The zero-order valence-corrected chi connectivity index (χ0v) is 30.8. The first-order chi connectivity index (χ1) is 24.7. The second-order valence-electron chi connectivity index (χ2n) is 13.5. The number of nitrogens with one attached hydrogen (secondary N) is 7. The van der Waals surface area contributed by atoms with Crippen LogP contribution in [-0.4, -0.2) is 99.5 Å². The number of hydrogen-bond donors (Lipinski definition) is 7. The van der Waals surface area contributed by atoms with Gasteiger partial charge in [-0.3, -0.25) is 33.6 Å². The van der Waals surface area contributed by atoms with E-state index >= 15 is 0 Å². The quantitative estimate of drug-likeness (QED) is 0.111. The summed E-state index contributed by atoms with van der Waals surface area (Å²) < 4.78 is 0. The van der Waals surface area contributed by atoms with Crippen molar-refractivity contribution in [1.29, 1.82) is 0 Å². The molecule has 16 heteroatoms. The average molecular weight is 724 g/mol. The van der Waals surface area contributed by atoms with Gasteiger partial charge in [-0.25, -0.2) is 4.98 Å². The number of likely N-dealkylation sites (tertiary alicyclic amines) is 1. The molecule has 1 aromatic heterocycles. The second-order valence-corrected chi connectivity index (χ2v) is 13.5. The first-order valence-electron chi connectivity index (χ1n) is 17.8. The van der Waals surface area contributed by atoms with E-state index in [9.17, 15) is 33.6 Å². The summed E-state index contributed by atoms with van der Waals surface area (Å²) in [6, 6.07) is 4.71. The summed E-state index contributed by atoms with van der Waals surface area (Å²) in [6.45, 7) is 10.2. The van der Waals surface area contributed by atoms with Crippen LogP contribution in [0.3, 0.4) is 0 Å². The Morgan fingerprint density at radius 1 is 0.865 bits per heavy atom. The topological polar surface area (TPSA) is 224 Å². The van der Waals surface area contributed by atoms with Gasteiger partial charge in [-0.05, 0) is 37.2 Å². The molecule has 7 N–H and O–H groups in total. The normalized spacial score (nSPS) is 16.8. The number of aromatic nitrogens is 2. The van der Waals surface area contributed by atoms with Crippen molar-refractivity contribution >= 4 is 41.4 Å². The molecular weight excluding hydrogens is 670 g/mol. The lowest BCUT2D eigenvalue weighted by Gasteiger charge is -2.29. The highest BCUT2D eigenvalue weighted by molar-refractivity contribution is 5.96. The van der Waals surface area contributed by atoms with Crippen molar-refractivity contribution in [1.82, 2.24) is 46.8 Å². The maximum Gasteiger partial charge on any atom is 0.243 e. The van der Waals surface area contributed by atoms with Gasteiger partial charge in [0, 0.05) is 38.3 Å². The SMILES string of the molecule is CC[C@H](C)[C@H](NC(=O)[C@@H]1CCCN1C(=O)CNC(=O)[C@H](C)NC(=O)[C@H](Cc1cnc[nH]1)NC(=O)[C@@H](NC(C)=O)C(C)C)C(=O)NCc1ccccc1. The molecule has 16 nitrogen and oxygen atoms in total. The first kappa shape index (κ1) is 41.1. The standard InChI is InChI=1S/C36H53N9O7/c1-7-22(4)31(35(51)38-17-25-12-9-8-10-13-25)44-34(50)28-14-11-15-45(28)29(47)19-39-32(48)23(5)41-33(49)27(16-26-18-37-20-40-26)43-36(52)30(21(2)3)42-24(6)46/h8-10,12-13,18,20-23,27-28,30-31H,7,11,14-17,19H2,1-6H3,(H,37,40)(H,38,51)(H,39,48)(H,41,49)(H,42,46)(H,43,52)(H,44,50)/t22-,23-,27-,28-,30-,31-/m0/s1. The Balaban J connectivity index is 1.57. The van der Waals surface area contributed by atoms with Crippen LogP contribution >= 0.6 is 0 Å². The zero-order valence-electron chi connectivity index (χ0n) is 30.8. The lowest BCUT2D eigenvalue weighted by molar-refractivity contribution is -0.140. The summed E-state index contributed by atoms with van der Waals surface area (Å²) in [7, 11) is 0. The zero-order chi connectivity index (χ0) is 38.4. The number of H-pyrrole nitrogens is 1. The number of carbonyl (C=O) groups excluding carboxylic acids is 7. The maximum absolute atomic E-state index is 13.4. The van der Waals surface area contributed by atoms with Crippen molar-refractivity contribution in [2.24, 2.45) is 11.8 Å². The summed E-state index contributed by atoms with van der Waals surface area (Å²) in [6.07, 6.45) is 4.57. The number of nitrogens with zero attached hydrogens (tertiary/aromatic N) is 2. The van der Waals surface area contributed by atoms with Crippen molar-refractivity contribution in [3.63, 3.8) is 0 Å². The minimum atomic E-state index is -1.12. The summed E-state index contributed by atoms with van der Waals surface area (Å²) in [5.74, 6) is -3.97. The van der Waals surface area contributed by atoms with Crippen molar-refractivity contribution in [2.75, 3.05) is 13.1 Å². The highest BCUT2D eigenvalue weighted by Crippen LogP contribution is 2.19. The van der Waals surface area contributed by atoms with Gasteiger partial charge >= 0.3 is 0 Å². The number of hydrogen-bond acceptors (Lipinski definition) is 8. The molecule has 0 unspecified atom stereocenters. The van der Waals surface area contributed by atoms with Gasteiger partial charge in [-0.2, -0.15) is 0 Å². The van der Waals surface area contributed by atoms with Crippen LogP contribution in [0.25, 0.3) is 0 Å². The van der Waals surface area contributed by atoms with Crippen molar-refractivity contribution in [2.45, 2.75) is 104 Å². The van der Waals surface area contributed by atoms with E-state index in [1.54, 1.807) is 13.8 Å². The Morgan fingerprint density at radius 3 is 2.19 bits per heavy atom. The summed E-state index contributed by atoms with van der Waals surface area (Å²) >= 11 is 0. The predicted molar refractivity (Wildman–Crippen MR) is 192 cm³/mol. The van der Waals surface area contributed by atoms with Gasteiger partial charge in [-0.1, -0.05) is 64.4 Å². The Hall–Kier alpha value is -5.28. The fourth-order valence-corrected chi connectivity index (χ4v) is 5.82. The van der Waals surface area contributed by atoms with E-state index in [-0.39, 0.29) is 24.2 Å². The Morgan fingerprint density at radius 2 is 1.58 bits per heavy atom. The van der Waals surface area contributed by atoms with Crippen molar-refractivity contribution in [3.8, 4) is 0 Å². The van der Waals surface area contributed by atoms with E-state index < -0.39 is 72.2 Å². The monoisotopic (exact) mass is 723 g/mol. The Labute approximate surface area is 304 Å². The van der Waals surface area contributed by atoms with Gasteiger partial charge in [0.05, 0.1) is 12.9 Å². The summed E-state index contributed by atoms with van der Waals surface area (Å²) in [5.41, 5.74) is 1.48. The highest BCUT2D eigenvalue weighted by atomic mass is 16.2. The number of imidazole rings is 1. The molecule has 0 bridgehead atoms. The number of carbonyl (C=O) groups is 7. The molecule has 1 aliphatic heterocycles. The minimum absolute atomic E-state index is 0.0281. The fourth-order valence-electron chi connectivity index (χ4n) is 5.82. The molecule has 2 aromatic rings. The lowest BCUT2D eigenvalue weighted by Crippen LogP contribution is -2.58. The van der Waals surface area contributed by atoms with Crippen LogP contribution in [0.4, 0.5) is 0 Å². The third kappa shape index (κ3) is 12.2. The molecular formula is C36H53N9O7. The van der Waals surface area contributed by atoms with Gasteiger partial charge in [-0.15, -0.1) is 0 Å². The third-order valence-electron chi connectivity index (χ3n) is 9.06. The van der Waals surface area contributed by atoms with E-state index in [2.05, 4.69) is 41.9 Å². The van der Waals surface area contributed by atoms with Gasteiger partial charge in [0.25, 0.3) is 0 Å². The molecule has 7 amide bonds. The van der Waals surface area contributed by atoms with Gasteiger partial charge < -0.3 is 41.8 Å². The average Bonchev–Trinajstić information content (AvgIpc) is 3.83. The summed E-state index contributed by atoms with van der Waals surface area (Å²) in [4.78, 5) is 99.2. The van der Waals surface area contributed by atoms with E-state index in [4.69, 9.17) is 0 Å². The van der Waals surface area contributed by atoms with Crippen LogP contribution in [0.5, 0.6) is 0 Å². The number of benzene rings is 1. The molecule has 1 saturated heterocycles. The van der Waals surface area contributed by atoms with Crippen molar-refractivity contribution < 1.29 is 33.6 Å². The molecule has 0 spiro atoms. The van der Waals surface area contributed by atoms with Gasteiger partial charge in [0.2, 0.25) is 41.4 Å². The fraction of sp³-hybridized carbons (Fsp3) is 0.556. The molecule has 1 aliphatic rings. The molecule has 0 radical (unpaired) electrons. The largest absolute Gasteiger partial charge is 0.350 e. The van der Waals surface area contributed by atoms with Crippen LogP contribution in [0.2, 0.25) is 0 Å². The van der Waals surface area contributed by atoms with Crippen LogP contribution < -0.4 is 31.9 Å². The minimum Gasteiger partial charge on any atom is -0.350 e. The van der Waals surface area contributed by atoms with Crippen LogP contribution in [0.1, 0.15) is 72.1 Å². The molecule has 284 valence electrons. The molecule has 52 heavy (non-hydrogen) atoms. The first-order valence-corrected chi connectivity index (χ1v) is 17.8. The van der Waals surface area contributed by atoms with E-state index in [1.165, 1.54) is 31.3 Å². The smallest absolute Gasteiger partial charge is 0.243 e. The molecule has 2 heterocycles. The molecule has 1 aromatic carbocycles. The predicted octanol–water partition coefficient (Wildman–Crippen LogP) is 0.0569. The van der Waals surface area contributed by atoms with Crippen LogP contribution in [-0.2, 0) is 46.5 Å². The molecule has 1 fully saturated rings. The van der Waals surface area contributed by atoms with E-state index in [1.807, 2.05) is 44.2 Å². The van der Waals surface area contributed by atoms with Gasteiger partial charge in [0.1, 0.15) is 30.2 Å². The lowest BCUT2D eigenvalue weighted by atomic mass is 9.97. The summed E-state index contributed by atoms with van der Waals surface area (Å²) in [5, 5.41) is 16.1. The molecule has 0 saturated carbocycles. The van der Waals surface area contributed by atoms with Crippen LogP contribution in [0.15, 0.2) is 42.9 Å². The Kier molecular flexibility index (Phi) is 15.8. The second kappa shape index (κ2) is 19.9. The van der Waals surface area contributed by atoms with E-state index in [0.29, 0.717) is 38.0 Å². The highest BCUT2D eigenvalue weighted by Gasteiger charge is 2.37. The van der Waals surface area contributed by atoms with Gasteiger partial charge in [0.15, 0.2) is 0 Å². The number of amides is 7. The van der Waals surface area contributed by atoms with Crippen molar-refractivity contribution in [3.05, 3.63) is 54.1 Å². The van der Waals surface area contributed by atoms with Crippen LogP contribution in [0, 0.1) is 11.8 Å². The van der Waals surface area contributed by atoms with E-state index in [0.717, 1.165) is 5.56 Å². The third-order valence-corrected chi connectivity index (χ3v) is 9.06. The molecule has 6 atom stereocenters. The molecule has 3 rings (SSSR count). The number of rotatable bonds is 18. The molecule has 0 aliphatic carbocycles.